The minimum absolute atomic E-state index is 0.107. The molecule has 1 aromatic carbocycles. The van der Waals surface area contributed by atoms with E-state index < -0.39 is 0 Å². The second-order valence-electron chi connectivity index (χ2n) is 8.82. The molecule has 2 aromatic rings. The van der Waals surface area contributed by atoms with Gasteiger partial charge >= 0.3 is 6.03 Å². The van der Waals surface area contributed by atoms with E-state index in [1.807, 2.05) is 25.9 Å². The molecule has 0 fully saturated rings. The number of urea groups is 1. The minimum atomic E-state index is -0.320. The molecular formula is C22H29FN6O3. The number of halogens is 1. The molecule has 3 amide bonds. The van der Waals surface area contributed by atoms with Crippen LogP contribution < -0.4 is 5.32 Å². The first-order chi connectivity index (χ1) is 15.1. The Hall–Kier alpha value is -2.98. The molecule has 1 N–H and O–H groups in total. The second-order valence-corrected chi connectivity index (χ2v) is 8.82. The van der Waals surface area contributed by atoms with Gasteiger partial charge in [0.15, 0.2) is 0 Å². The lowest BCUT2D eigenvalue weighted by atomic mass is 9.99. The molecule has 0 radical (unpaired) electrons. The number of carbonyl (C=O) groups is 2. The van der Waals surface area contributed by atoms with E-state index in [1.165, 1.54) is 17.2 Å². The molecule has 172 valence electrons. The van der Waals surface area contributed by atoms with Gasteiger partial charge in [-0.15, -0.1) is 0 Å². The summed E-state index contributed by atoms with van der Waals surface area (Å²) < 4.78 is 15.3. The molecule has 2 atom stereocenters. The van der Waals surface area contributed by atoms with Crippen LogP contribution in [-0.4, -0.2) is 76.4 Å². The summed E-state index contributed by atoms with van der Waals surface area (Å²) in [5, 5.41) is 8.82. The number of amides is 3. The van der Waals surface area contributed by atoms with E-state index in [0.717, 1.165) is 11.3 Å². The van der Waals surface area contributed by atoms with Crippen LogP contribution in [0, 0.1) is 12.7 Å². The van der Waals surface area contributed by atoms with Crippen LogP contribution in [0.4, 0.5) is 14.9 Å². The first-order valence-electron chi connectivity index (χ1n) is 10.7. The van der Waals surface area contributed by atoms with Crippen molar-refractivity contribution in [2.24, 2.45) is 0 Å². The fraction of sp³-hybridized carbons (Fsp3) is 0.500. The number of carbonyl (C=O) groups excluding carboxylic acids is 2. The number of hydrogen-bond acceptors (Lipinski definition) is 5. The van der Waals surface area contributed by atoms with Gasteiger partial charge in [-0.3, -0.25) is 14.3 Å². The molecule has 4 rings (SSSR count). The Morgan fingerprint density at radius 3 is 2.81 bits per heavy atom. The smallest absolute Gasteiger partial charge is 0.317 e. The molecular weight excluding hydrogens is 415 g/mol. The van der Waals surface area contributed by atoms with Crippen molar-refractivity contribution < 1.29 is 18.8 Å². The van der Waals surface area contributed by atoms with E-state index >= 15 is 0 Å². The molecule has 0 bridgehead atoms. The summed E-state index contributed by atoms with van der Waals surface area (Å²) >= 11 is 0. The SMILES string of the molecule is Cc1cc(NC(=O)N2Cc3c(nn4c3C(=O)N(C)O[C@H](CN(C)C)C4)C[C@H]2C)ccc1F. The summed E-state index contributed by atoms with van der Waals surface area (Å²) in [6.07, 6.45) is 0.321. The number of benzene rings is 1. The van der Waals surface area contributed by atoms with Gasteiger partial charge in [0, 0.05) is 37.3 Å². The monoisotopic (exact) mass is 444 g/mol. The number of nitrogens with zero attached hydrogens (tertiary/aromatic N) is 5. The average Bonchev–Trinajstić information content (AvgIpc) is 2.99. The van der Waals surface area contributed by atoms with Gasteiger partial charge in [-0.2, -0.15) is 5.10 Å². The lowest BCUT2D eigenvalue weighted by molar-refractivity contribution is -0.152. The molecule has 10 heteroatoms. The molecule has 2 aliphatic heterocycles. The van der Waals surface area contributed by atoms with Crippen LogP contribution >= 0.6 is 0 Å². The Bertz CT molecular complexity index is 1050. The Morgan fingerprint density at radius 2 is 2.12 bits per heavy atom. The van der Waals surface area contributed by atoms with Crippen LogP contribution in [0.5, 0.6) is 0 Å². The van der Waals surface area contributed by atoms with Crippen molar-refractivity contribution in [3.63, 3.8) is 0 Å². The van der Waals surface area contributed by atoms with Gasteiger partial charge < -0.3 is 15.1 Å². The van der Waals surface area contributed by atoms with Crippen molar-refractivity contribution in [1.82, 2.24) is 24.6 Å². The van der Waals surface area contributed by atoms with E-state index in [0.29, 0.717) is 36.5 Å². The first-order valence-corrected chi connectivity index (χ1v) is 10.7. The largest absolute Gasteiger partial charge is 0.322 e. The summed E-state index contributed by atoms with van der Waals surface area (Å²) in [4.78, 5) is 35.6. The standard InChI is InChI=1S/C22H29FN6O3/c1-13-8-15(6-7-18(13)23)24-22(31)28-12-17-19(9-14(28)2)25-29-11-16(10-26(3)4)32-27(5)21(30)20(17)29/h6-8,14,16H,9-12H2,1-5H3,(H,24,31)/t14-,16-/m1/s1. The van der Waals surface area contributed by atoms with Gasteiger partial charge in [-0.05, 0) is 51.7 Å². The van der Waals surface area contributed by atoms with Gasteiger partial charge in [0.05, 0.1) is 18.8 Å². The topological polar surface area (TPSA) is 82.9 Å². The van der Waals surface area contributed by atoms with Crippen molar-refractivity contribution in [3.05, 3.63) is 46.5 Å². The highest BCUT2D eigenvalue weighted by atomic mass is 19.1. The molecule has 3 heterocycles. The van der Waals surface area contributed by atoms with Crippen LogP contribution in [0.2, 0.25) is 0 Å². The zero-order valence-corrected chi connectivity index (χ0v) is 19.1. The van der Waals surface area contributed by atoms with Crippen molar-refractivity contribution in [1.29, 1.82) is 0 Å². The lowest BCUT2D eigenvalue weighted by Gasteiger charge is -2.33. The van der Waals surface area contributed by atoms with E-state index in [4.69, 9.17) is 9.94 Å². The van der Waals surface area contributed by atoms with E-state index in [9.17, 15) is 14.0 Å². The molecule has 9 nitrogen and oxygen atoms in total. The van der Waals surface area contributed by atoms with Crippen LogP contribution in [-0.2, 0) is 24.3 Å². The molecule has 0 saturated heterocycles. The van der Waals surface area contributed by atoms with Crippen molar-refractivity contribution in [2.45, 2.75) is 45.5 Å². The zero-order chi connectivity index (χ0) is 23.2. The molecule has 0 spiro atoms. The third-order valence-corrected chi connectivity index (χ3v) is 5.89. The Balaban J connectivity index is 1.60. The van der Waals surface area contributed by atoms with Crippen LogP contribution in [0.15, 0.2) is 18.2 Å². The molecule has 0 saturated carbocycles. The number of fused-ring (bicyclic) bond motifs is 3. The normalized spacial score (nSPS) is 20.8. The minimum Gasteiger partial charge on any atom is -0.317 e. The number of hydroxylamine groups is 2. The quantitative estimate of drug-likeness (QED) is 0.785. The Kier molecular flexibility index (Phi) is 5.91. The van der Waals surface area contributed by atoms with E-state index in [-0.39, 0.29) is 36.4 Å². The predicted octanol–water partition coefficient (Wildman–Crippen LogP) is 2.26. The predicted molar refractivity (Wildman–Crippen MR) is 117 cm³/mol. The zero-order valence-electron chi connectivity index (χ0n) is 19.1. The van der Waals surface area contributed by atoms with Crippen LogP contribution in [0.3, 0.4) is 0 Å². The molecule has 32 heavy (non-hydrogen) atoms. The van der Waals surface area contributed by atoms with Crippen LogP contribution in [0.25, 0.3) is 0 Å². The van der Waals surface area contributed by atoms with Crippen molar-refractivity contribution in [2.75, 3.05) is 33.0 Å². The maximum atomic E-state index is 13.6. The highest BCUT2D eigenvalue weighted by Gasteiger charge is 2.37. The van der Waals surface area contributed by atoms with Crippen molar-refractivity contribution in [3.8, 4) is 0 Å². The lowest BCUT2D eigenvalue weighted by Crippen LogP contribution is -2.45. The molecule has 1 aromatic heterocycles. The van der Waals surface area contributed by atoms with Gasteiger partial charge in [-0.1, -0.05) is 0 Å². The van der Waals surface area contributed by atoms with Gasteiger partial charge in [0.1, 0.15) is 17.6 Å². The first kappa shape index (κ1) is 22.2. The third-order valence-electron chi connectivity index (χ3n) is 5.89. The fourth-order valence-corrected chi connectivity index (χ4v) is 4.30. The maximum absolute atomic E-state index is 13.6. The highest BCUT2D eigenvalue weighted by molar-refractivity contribution is 5.94. The van der Waals surface area contributed by atoms with Crippen LogP contribution in [0.1, 0.15) is 34.2 Å². The van der Waals surface area contributed by atoms with E-state index in [2.05, 4.69) is 5.32 Å². The van der Waals surface area contributed by atoms with Gasteiger partial charge in [0.25, 0.3) is 5.91 Å². The number of likely N-dealkylation sites (N-methyl/N-ethyl adjacent to an activating group) is 1. The number of anilines is 1. The average molecular weight is 445 g/mol. The number of nitrogens with one attached hydrogen (secondary N) is 1. The Morgan fingerprint density at radius 1 is 1.38 bits per heavy atom. The summed E-state index contributed by atoms with van der Waals surface area (Å²) in [5.74, 6) is -0.594. The second kappa shape index (κ2) is 8.51. The summed E-state index contributed by atoms with van der Waals surface area (Å²) in [6.45, 7) is 4.96. The highest BCUT2D eigenvalue weighted by Crippen LogP contribution is 2.29. The number of hydrogen-bond donors (Lipinski definition) is 1. The third kappa shape index (κ3) is 4.20. The summed E-state index contributed by atoms with van der Waals surface area (Å²) in [7, 11) is 5.50. The van der Waals surface area contributed by atoms with E-state index in [1.54, 1.807) is 29.6 Å². The van der Waals surface area contributed by atoms with Gasteiger partial charge in [0.2, 0.25) is 0 Å². The Labute approximate surface area is 186 Å². The summed E-state index contributed by atoms with van der Waals surface area (Å²) in [5.41, 5.74) is 3.03. The van der Waals surface area contributed by atoms with Crippen molar-refractivity contribution >= 4 is 17.6 Å². The number of rotatable bonds is 3. The molecule has 0 aliphatic carbocycles. The number of aryl methyl sites for hydroxylation is 1. The number of aromatic nitrogens is 2. The van der Waals surface area contributed by atoms with Gasteiger partial charge in [-0.25, -0.2) is 14.2 Å². The fourth-order valence-electron chi connectivity index (χ4n) is 4.30. The maximum Gasteiger partial charge on any atom is 0.322 e. The molecule has 2 aliphatic rings. The molecule has 0 unspecified atom stereocenters. The summed E-state index contributed by atoms with van der Waals surface area (Å²) in [6, 6.07) is 4.06.